The smallest absolute Gasteiger partial charge is 0.226 e. The van der Waals surface area contributed by atoms with Crippen molar-refractivity contribution in [1.29, 1.82) is 0 Å². The predicted octanol–water partition coefficient (Wildman–Crippen LogP) is 4.83. The molecule has 0 fully saturated rings. The lowest BCUT2D eigenvalue weighted by Gasteiger charge is -2.19. The van der Waals surface area contributed by atoms with Gasteiger partial charge in [-0.05, 0) is 44.5 Å². The molecule has 3 rings (SSSR count). The lowest BCUT2D eigenvalue weighted by Crippen LogP contribution is -2.32. The summed E-state index contributed by atoms with van der Waals surface area (Å²) in [5, 5.41) is 7.48. The van der Waals surface area contributed by atoms with Crippen molar-refractivity contribution in [2.75, 3.05) is 19.5 Å². The number of hydrogen-bond donors (Lipinski definition) is 2. The molecule has 1 amide bonds. The number of methoxy groups -OCH3 is 2. The van der Waals surface area contributed by atoms with Gasteiger partial charge < -0.3 is 24.5 Å². The number of hydrogen-bond acceptors (Lipinski definition) is 5. The van der Waals surface area contributed by atoms with Gasteiger partial charge in [0.15, 0.2) is 0 Å². The first-order valence-electron chi connectivity index (χ1n) is 9.69. The van der Waals surface area contributed by atoms with Gasteiger partial charge in [-0.25, -0.2) is 0 Å². The fourth-order valence-electron chi connectivity index (χ4n) is 3.56. The standard InChI is InChI=1S/C23H28N2O4/c1-14(12-22(26)25-19-13-17(27-4)10-11-21(19)28-5)24-16(3)23-15(2)18-8-6-7-9-20(18)29-23/h6-11,13-14,16,24H,12H2,1-5H3,(H,25,26). The van der Waals surface area contributed by atoms with Gasteiger partial charge in [0.2, 0.25) is 5.91 Å². The Hall–Kier alpha value is -2.99. The van der Waals surface area contributed by atoms with E-state index >= 15 is 0 Å². The maximum atomic E-state index is 12.5. The van der Waals surface area contributed by atoms with Crippen molar-refractivity contribution in [3.05, 3.63) is 53.8 Å². The minimum Gasteiger partial charge on any atom is -0.497 e. The highest BCUT2D eigenvalue weighted by atomic mass is 16.5. The molecular formula is C23H28N2O4. The van der Waals surface area contributed by atoms with Crippen LogP contribution in [0.2, 0.25) is 0 Å². The van der Waals surface area contributed by atoms with Crippen LogP contribution in [0.1, 0.15) is 37.6 Å². The number of fused-ring (bicyclic) bond motifs is 1. The molecule has 0 aliphatic carbocycles. The second-order valence-electron chi connectivity index (χ2n) is 7.20. The van der Waals surface area contributed by atoms with Crippen LogP contribution in [0.5, 0.6) is 11.5 Å². The minimum absolute atomic E-state index is 0.0171. The molecular weight excluding hydrogens is 368 g/mol. The van der Waals surface area contributed by atoms with E-state index < -0.39 is 0 Å². The first-order valence-corrected chi connectivity index (χ1v) is 9.69. The van der Waals surface area contributed by atoms with E-state index in [0.717, 1.165) is 22.3 Å². The quantitative estimate of drug-likeness (QED) is 0.571. The van der Waals surface area contributed by atoms with Crippen LogP contribution in [0.25, 0.3) is 11.0 Å². The number of para-hydroxylation sites is 1. The Kier molecular flexibility index (Phi) is 6.44. The Labute approximate surface area is 171 Å². The van der Waals surface area contributed by atoms with E-state index in [1.807, 2.05) is 32.0 Å². The third kappa shape index (κ3) is 4.71. The number of carbonyl (C=O) groups is 1. The minimum atomic E-state index is -0.106. The average Bonchev–Trinajstić information content (AvgIpc) is 3.04. The van der Waals surface area contributed by atoms with Crippen molar-refractivity contribution in [3.63, 3.8) is 0 Å². The summed E-state index contributed by atoms with van der Waals surface area (Å²) in [7, 11) is 3.15. The molecule has 3 aromatic rings. The largest absolute Gasteiger partial charge is 0.497 e. The normalized spacial score (nSPS) is 13.1. The van der Waals surface area contributed by atoms with E-state index in [2.05, 4.69) is 23.6 Å². The number of rotatable bonds is 8. The highest BCUT2D eigenvalue weighted by molar-refractivity contribution is 5.93. The maximum Gasteiger partial charge on any atom is 0.226 e. The second-order valence-corrected chi connectivity index (χ2v) is 7.20. The summed E-state index contributed by atoms with van der Waals surface area (Å²) in [6.45, 7) is 6.09. The maximum absolute atomic E-state index is 12.5. The molecule has 6 heteroatoms. The number of amides is 1. The van der Waals surface area contributed by atoms with Crippen molar-refractivity contribution in [1.82, 2.24) is 5.32 Å². The first-order chi connectivity index (χ1) is 13.9. The molecule has 2 N–H and O–H groups in total. The molecule has 0 bridgehead atoms. The summed E-state index contributed by atoms with van der Waals surface area (Å²) in [5.74, 6) is 2.03. The molecule has 0 radical (unpaired) electrons. The fourth-order valence-corrected chi connectivity index (χ4v) is 3.56. The third-order valence-corrected chi connectivity index (χ3v) is 4.98. The first kappa shape index (κ1) is 20.7. The summed E-state index contributed by atoms with van der Waals surface area (Å²) in [5.41, 5.74) is 2.59. The summed E-state index contributed by atoms with van der Waals surface area (Å²) < 4.78 is 16.6. The van der Waals surface area contributed by atoms with E-state index in [-0.39, 0.29) is 18.0 Å². The van der Waals surface area contributed by atoms with Crippen LogP contribution in [0.3, 0.4) is 0 Å². The van der Waals surface area contributed by atoms with E-state index in [0.29, 0.717) is 23.6 Å². The monoisotopic (exact) mass is 396 g/mol. The summed E-state index contributed by atoms with van der Waals surface area (Å²) in [6, 6.07) is 13.2. The number of aryl methyl sites for hydroxylation is 1. The van der Waals surface area contributed by atoms with Gasteiger partial charge in [-0.15, -0.1) is 0 Å². The molecule has 1 heterocycles. The van der Waals surface area contributed by atoms with Gasteiger partial charge in [0, 0.05) is 23.9 Å². The van der Waals surface area contributed by atoms with Crippen LogP contribution in [-0.4, -0.2) is 26.2 Å². The highest BCUT2D eigenvalue weighted by Crippen LogP contribution is 2.30. The lowest BCUT2D eigenvalue weighted by atomic mass is 10.1. The van der Waals surface area contributed by atoms with Crippen molar-refractivity contribution >= 4 is 22.6 Å². The van der Waals surface area contributed by atoms with E-state index in [1.165, 1.54) is 0 Å². The number of nitrogens with one attached hydrogen (secondary N) is 2. The summed E-state index contributed by atoms with van der Waals surface area (Å²) in [4.78, 5) is 12.5. The van der Waals surface area contributed by atoms with Gasteiger partial charge in [0.05, 0.1) is 25.9 Å². The predicted molar refractivity (Wildman–Crippen MR) is 115 cm³/mol. The average molecular weight is 396 g/mol. The zero-order valence-corrected chi connectivity index (χ0v) is 17.5. The van der Waals surface area contributed by atoms with Crippen LogP contribution in [0, 0.1) is 6.92 Å². The molecule has 0 saturated heterocycles. The molecule has 6 nitrogen and oxygen atoms in total. The van der Waals surface area contributed by atoms with Gasteiger partial charge in [0.1, 0.15) is 22.8 Å². The van der Waals surface area contributed by atoms with Gasteiger partial charge in [-0.2, -0.15) is 0 Å². The summed E-state index contributed by atoms with van der Waals surface area (Å²) >= 11 is 0. The molecule has 1 aromatic heterocycles. The highest BCUT2D eigenvalue weighted by Gasteiger charge is 2.19. The Morgan fingerprint density at radius 1 is 1.10 bits per heavy atom. The van der Waals surface area contributed by atoms with E-state index in [9.17, 15) is 4.79 Å². The van der Waals surface area contributed by atoms with Crippen molar-refractivity contribution in [3.8, 4) is 11.5 Å². The molecule has 0 spiro atoms. The molecule has 2 aromatic carbocycles. The molecule has 29 heavy (non-hydrogen) atoms. The Bertz CT molecular complexity index is 996. The van der Waals surface area contributed by atoms with Crippen LogP contribution < -0.4 is 20.1 Å². The van der Waals surface area contributed by atoms with Crippen molar-refractivity contribution in [2.24, 2.45) is 0 Å². The van der Waals surface area contributed by atoms with Crippen LogP contribution in [-0.2, 0) is 4.79 Å². The molecule has 0 aliphatic heterocycles. The van der Waals surface area contributed by atoms with Crippen molar-refractivity contribution in [2.45, 2.75) is 39.3 Å². The van der Waals surface area contributed by atoms with Crippen molar-refractivity contribution < 1.29 is 18.7 Å². The SMILES string of the molecule is COc1ccc(OC)c(NC(=O)CC(C)NC(C)c2oc3ccccc3c2C)c1. The molecule has 154 valence electrons. The van der Waals surface area contributed by atoms with Gasteiger partial charge >= 0.3 is 0 Å². The Morgan fingerprint density at radius 2 is 1.86 bits per heavy atom. The van der Waals surface area contributed by atoms with E-state index in [4.69, 9.17) is 13.9 Å². The van der Waals surface area contributed by atoms with Gasteiger partial charge in [-0.3, -0.25) is 4.79 Å². The fraction of sp³-hybridized carbons (Fsp3) is 0.348. The lowest BCUT2D eigenvalue weighted by molar-refractivity contribution is -0.116. The number of benzene rings is 2. The zero-order valence-electron chi connectivity index (χ0n) is 17.5. The van der Waals surface area contributed by atoms with Crippen LogP contribution in [0.4, 0.5) is 5.69 Å². The number of anilines is 1. The van der Waals surface area contributed by atoms with E-state index in [1.54, 1.807) is 32.4 Å². The zero-order chi connectivity index (χ0) is 21.0. The number of carbonyl (C=O) groups excluding carboxylic acids is 1. The summed E-state index contributed by atoms with van der Waals surface area (Å²) in [6.07, 6.45) is 0.310. The third-order valence-electron chi connectivity index (χ3n) is 4.98. The van der Waals surface area contributed by atoms with Gasteiger partial charge in [0.25, 0.3) is 0 Å². The van der Waals surface area contributed by atoms with Crippen LogP contribution in [0.15, 0.2) is 46.9 Å². The molecule has 0 aliphatic rings. The number of furan rings is 1. The molecule has 2 atom stereocenters. The Balaban J connectivity index is 1.63. The number of ether oxygens (including phenoxy) is 2. The van der Waals surface area contributed by atoms with Gasteiger partial charge in [-0.1, -0.05) is 18.2 Å². The molecule has 2 unspecified atom stereocenters. The topological polar surface area (TPSA) is 72.7 Å². The second kappa shape index (κ2) is 9.01. The van der Waals surface area contributed by atoms with Crippen LogP contribution >= 0.6 is 0 Å². The Morgan fingerprint density at radius 3 is 2.55 bits per heavy atom. The molecule has 0 saturated carbocycles.